The highest BCUT2D eigenvalue weighted by atomic mass is 16.1. The van der Waals surface area contributed by atoms with Crippen LogP contribution in [0.4, 0.5) is 5.69 Å². The Balaban J connectivity index is 1.64. The summed E-state index contributed by atoms with van der Waals surface area (Å²) in [7, 11) is 0. The molecule has 1 aliphatic heterocycles. The van der Waals surface area contributed by atoms with Crippen molar-refractivity contribution in [3.63, 3.8) is 0 Å². The zero-order chi connectivity index (χ0) is 20.9. The molecule has 1 saturated carbocycles. The van der Waals surface area contributed by atoms with E-state index in [1.807, 2.05) is 65.7 Å². The van der Waals surface area contributed by atoms with Gasteiger partial charge in [-0.25, -0.2) is 0 Å². The molecule has 0 aromatic heterocycles. The Morgan fingerprint density at radius 2 is 1.60 bits per heavy atom. The number of hydrogen-bond donors (Lipinski definition) is 1. The Hall–Kier alpha value is -2.95. The number of amides is 1. The first-order valence-corrected chi connectivity index (χ1v) is 10.9. The SMILES string of the molecule is CC(=O)C1=NN(c2ccccc2)[C@H](CC(=O)NC2CCCCC2)[C@H]1c1ccccc1. The maximum Gasteiger partial charge on any atom is 0.222 e. The predicted octanol–water partition coefficient (Wildman–Crippen LogP) is 4.44. The lowest BCUT2D eigenvalue weighted by atomic mass is 9.84. The van der Waals surface area contributed by atoms with Crippen molar-refractivity contribution < 1.29 is 9.59 Å². The first-order chi connectivity index (χ1) is 14.6. The summed E-state index contributed by atoms with van der Waals surface area (Å²) in [6, 6.07) is 19.8. The van der Waals surface area contributed by atoms with E-state index in [1.165, 1.54) is 19.3 Å². The molecule has 0 radical (unpaired) electrons. The Bertz CT molecular complexity index is 905. The third-order valence-electron chi connectivity index (χ3n) is 6.11. The van der Waals surface area contributed by atoms with E-state index in [0.717, 1.165) is 24.1 Å². The Morgan fingerprint density at radius 1 is 0.967 bits per heavy atom. The molecule has 1 heterocycles. The van der Waals surface area contributed by atoms with E-state index in [9.17, 15) is 9.59 Å². The number of nitrogens with zero attached hydrogens (tertiary/aromatic N) is 2. The molecular formula is C25H29N3O2. The van der Waals surface area contributed by atoms with Gasteiger partial charge in [0.2, 0.25) is 5.91 Å². The Kier molecular flexibility index (Phi) is 6.26. The first-order valence-electron chi connectivity index (χ1n) is 10.9. The maximum atomic E-state index is 13.0. The number of carbonyl (C=O) groups is 2. The van der Waals surface area contributed by atoms with Crippen LogP contribution in [0.15, 0.2) is 65.8 Å². The quantitative estimate of drug-likeness (QED) is 0.775. The number of carbonyl (C=O) groups excluding carboxylic acids is 2. The van der Waals surface area contributed by atoms with E-state index < -0.39 is 0 Å². The minimum absolute atomic E-state index is 0.0359. The van der Waals surface area contributed by atoms with Crippen LogP contribution in [0.3, 0.4) is 0 Å². The molecule has 30 heavy (non-hydrogen) atoms. The molecule has 4 rings (SSSR count). The van der Waals surface area contributed by atoms with Crippen molar-refractivity contribution in [3.05, 3.63) is 66.2 Å². The summed E-state index contributed by atoms with van der Waals surface area (Å²) in [6.45, 7) is 1.56. The lowest BCUT2D eigenvalue weighted by molar-refractivity contribution is -0.122. The predicted molar refractivity (Wildman–Crippen MR) is 120 cm³/mol. The maximum absolute atomic E-state index is 13.0. The van der Waals surface area contributed by atoms with Gasteiger partial charge in [-0.15, -0.1) is 0 Å². The third kappa shape index (κ3) is 4.45. The summed E-state index contributed by atoms with van der Waals surface area (Å²) >= 11 is 0. The molecule has 2 aliphatic rings. The summed E-state index contributed by atoms with van der Waals surface area (Å²) in [6.07, 6.45) is 6.00. The van der Waals surface area contributed by atoms with Gasteiger partial charge in [-0.1, -0.05) is 67.8 Å². The summed E-state index contributed by atoms with van der Waals surface area (Å²) in [5, 5.41) is 9.82. The van der Waals surface area contributed by atoms with E-state index in [0.29, 0.717) is 12.1 Å². The standard InChI is InChI=1S/C25H29N3O2/c1-18(29)25-24(19-11-5-2-6-12-19)22(28(27-25)21-15-9-4-10-16-21)17-23(30)26-20-13-7-3-8-14-20/h2,4-6,9-12,15-16,20,22,24H,3,7-8,13-14,17H2,1H3,(H,26,30)/t22-,24-/m1/s1. The highest BCUT2D eigenvalue weighted by Crippen LogP contribution is 2.37. The summed E-state index contributed by atoms with van der Waals surface area (Å²) in [5.41, 5.74) is 2.42. The van der Waals surface area contributed by atoms with Gasteiger partial charge in [0.25, 0.3) is 0 Å². The molecule has 1 fully saturated rings. The largest absolute Gasteiger partial charge is 0.353 e. The van der Waals surface area contributed by atoms with Gasteiger partial charge in [-0.3, -0.25) is 14.6 Å². The molecule has 156 valence electrons. The number of benzene rings is 2. The molecule has 1 N–H and O–H groups in total. The molecule has 0 unspecified atom stereocenters. The molecule has 2 aromatic rings. The Morgan fingerprint density at radius 3 is 2.23 bits per heavy atom. The van der Waals surface area contributed by atoms with E-state index in [1.54, 1.807) is 6.92 Å². The van der Waals surface area contributed by atoms with Gasteiger partial charge >= 0.3 is 0 Å². The monoisotopic (exact) mass is 403 g/mol. The first kappa shape index (κ1) is 20.3. The zero-order valence-electron chi connectivity index (χ0n) is 17.5. The van der Waals surface area contributed by atoms with Gasteiger partial charge in [0.15, 0.2) is 5.78 Å². The second kappa shape index (κ2) is 9.24. The molecule has 1 aliphatic carbocycles. The van der Waals surface area contributed by atoms with E-state index in [4.69, 9.17) is 5.10 Å². The van der Waals surface area contributed by atoms with Crippen LogP contribution in [0.25, 0.3) is 0 Å². The number of hydrogen-bond acceptors (Lipinski definition) is 4. The molecule has 0 bridgehead atoms. The zero-order valence-corrected chi connectivity index (χ0v) is 17.5. The van der Waals surface area contributed by atoms with Gasteiger partial charge in [0, 0.05) is 13.0 Å². The topological polar surface area (TPSA) is 61.8 Å². The number of nitrogens with one attached hydrogen (secondary N) is 1. The minimum atomic E-state index is -0.239. The second-order valence-corrected chi connectivity index (χ2v) is 8.28. The van der Waals surface area contributed by atoms with Gasteiger partial charge in [0.1, 0.15) is 5.71 Å². The summed E-state index contributed by atoms with van der Waals surface area (Å²) in [4.78, 5) is 25.5. The molecule has 1 amide bonds. The summed E-state index contributed by atoms with van der Waals surface area (Å²) < 4.78 is 0. The van der Waals surface area contributed by atoms with Crippen molar-refractivity contribution in [1.29, 1.82) is 0 Å². The van der Waals surface area contributed by atoms with Crippen LogP contribution in [0.2, 0.25) is 0 Å². The van der Waals surface area contributed by atoms with Crippen molar-refractivity contribution in [2.45, 2.75) is 63.5 Å². The fourth-order valence-electron chi connectivity index (χ4n) is 4.66. The molecular weight excluding hydrogens is 374 g/mol. The minimum Gasteiger partial charge on any atom is -0.353 e. The average Bonchev–Trinajstić information content (AvgIpc) is 3.15. The van der Waals surface area contributed by atoms with Gasteiger partial charge < -0.3 is 5.32 Å². The molecule has 2 aromatic carbocycles. The average molecular weight is 404 g/mol. The lowest BCUT2D eigenvalue weighted by Crippen LogP contribution is -2.42. The number of hydrazone groups is 1. The van der Waals surface area contributed by atoms with Crippen LogP contribution in [0.1, 0.15) is 56.9 Å². The van der Waals surface area contributed by atoms with E-state index in [-0.39, 0.29) is 29.7 Å². The van der Waals surface area contributed by atoms with E-state index >= 15 is 0 Å². The number of Topliss-reactive ketones (excluding diaryl/α,β-unsaturated/α-hetero) is 1. The van der Waals surface area contributed by atoms with Crippen molar-refractivity contribution in [2.75, 3.05) is 5.01 Å². The fourth-order valence-corrected chi connectivity index (χ4v) is 4.66. The van der Waals surface area contributed by atoms with Crippen LogP contribution >= 0.6 is 0 Å². The van der Waals surface area contributed by atoms with Gasteiger partial charge in [-0.05, 0) is 30.5 Å². The lowest BCUT2D eigenvalue weighted by Gasteiger charge is -2.29. The van der Waals surface area contributed by atoms with Gasteiger partial charge in [-0.2, -0.15) is 5.10 Å². The van der Waals surface area contributed by atoms with Crippen molar-refractivity contribution in [3.8, 4) is 0 Å². The number of para-hydroxylation sites is 1. The highest BCUT2D eigenvalue weighted by molar-refractivity contribution is 6.42. The van der Waals surface area contributed by atoms with Crippen LogP contribution in [-0.4, -0.2) is 29.5 Å². The Labute approximate surface area is 178 Å². The summed E-state index contributed by atoms with van der Waals surface area (Å²) in [5.74, 6) is -0.255. The number of anilines is 1. The van der Waals surface area contributed by atoms with Crippen LogP contribution in [0.5, 0.6) is 0 Å². The van der Waals surface area contributed by atoms with Crippen LogP contribution < -0.4 is 10.3 Å². The van der Waals surface area contributed by atoms with Gasteiger partial charge in [0.05, 0.1) is 24.1 Å². The van der Waals surface area contributed by atoms with Crippen molar-refractivity contribution in [1.82, 2.24) is 5.32 Å². The molecule has 0 saturated heterocycles. The molecule has 2 atom stereocenters. The second-order valence-electron chi connectivity index (χ2n) is 8.28. The van der Waals surface area contributed by atoms with E-state index in [2.05, 4.69) is 5.32 Å². The third-order valence-corrected chi connectivity index (χ3v) is 6.11. The van der Waals surface area contributed by atoms with Crippen LogP contribution in [0, 0.1) is 0 Å². The van der Waals surface area contributed by atoms with Crippen molar-refractivity contribution >= 4 is 23.1 Å². The highest BCUT2D eigenvalue weighted by Gasteiger charge is 2.42. The smallest absolute Gasteiger partial charge is 0.222 e. The molecule has 5 nitrogen and oxygen atoms in total. The normalized spacial score (nSPS) is 21.9. The van der Waals surface area contributed by atoms with Crippen LogP contribution in [-0.2, 0) is 9.59 Å². The fraction of sp³-hybridized carbons (Fsp3) is 0.400. The molecule has 5 heteroatoms. The van der Waals surface area contributed by atoms with Crippen molar-refractivity contribution in [2.24, 2.45) is 5.10 Å². The number of ketones is 1. The number of rotatable bonds is 6. The molecule has 0 spiro atoms.